The highest BCUT2D eigenvalue weighted by Crippen LogP contribution is 2.20. The molecule has 0 radical (unpaired) electrons. The second-order valence-electron chi connectivity index (χ2n) is 3.80. The SMILES string of the molecule is CC(C#N)CNC(C)c1c(F)cccc1F. The number of hydrogen-bond acceptors (Lipinski definition) is 2. The third-order valence-electron chi connectivity index (χ3n) is 2.38. The van der Waals surface area contributed by atoms with Crippen LogP contribution in [0.2, 0.25) is 0 Å². The highest BCUT2D eigenvalue weighted by atomic mass is 19.1. The van der Waals surface area contributed by atoms with Crippen LogP contribution < -0.4 is 5.32 Å². The van der Waals surface area contributed by atoms with E-state index < -0.39 is 17.7 Å². The molecule has 0 aliphatic rings. The number of benzene rings is 1. The Hall–Kier alpha value is -1.47. The minimum atomic E-state index is -0.565. The van der Waals surface area contributed by atoms with Gasteiger partial charge in [0, 0.05) is 18.2 Å². The van der Waals surface area contributed by atoms with Crippen molar-refractivity contribution in [1.29, 1.82) is 5.26 Å². The molecule has 0 amide bonds. The van der Waals surface area contributed by atoms with Crippen molar-refractivity contribution in [3.05, 3.63) is 35.4 Å². The molecule has 0 saturated carbocycles. The minimum absolute atomic E-state index is 0.0210. The van der Waals surface area contributed by atoms with Crippen LogP contribution in [0.3, 0.4) is 0 Å². The van der Waals surface area contributed by atoms with Gasteiger partial charge in [0.2, 0.25) is 0 Å². The number of nitrogens with one attached hydrogen (secondary N) is 1. The summed E-state index contributed by atoms with van der Waals surface area (Å²) in [6, 6.07) is 5.39. The molecular formula is C12H14F2N2. The summed E-state index contributed by atoms with van der Waals surface area (Å²) in [4.78, 5) is 0. The third kappa shape index (κ3) is 3.01. The number of halogens is 2. The lowest BCUT2D eigenvalue weighted by Gasteiger charge is -2.16. The summed E-state index contributed by atoms with van der Waals surface area (Å²) in [7, 11) is 0. The molecule has 1 N–H and O–H groups in total. The molecule has 2 nitrogen and oxygen atoms in total. The molecule has 0 aromatic heterocycles. The summed E-state index contributed by atoms with van der Waals surface area (Å²) >= 11 is 0. The molecule has 4 heteroatoms. The quantitative estimate of drug-likeness (QED) is 0.853. The molecule has 2 unspecified atom stereocenters. The van der Waals surface area contributed by atoms with E-state index in [0.29, 0.717) is 6.54 Å². The Morgan fingerprint density at radius 3 is 2.38 bits per heavy atom. The van der Waals surface area contributed by atoms with Gasteiger partial charge in [0.15, 0.2) is 0 Å². The maximum Gasteiger partial charge on any atom is 0.130 e. The Kier molecular flexibility index (Phi) is 4.39. The smallest absolute Gasteiger partial charge is 0.130 e. The topological polar surface area (TPSA) is 35.8 Å². The zero-order valence-corrected chi connectivity index (χ0v) is 9.30. The number of nitriles is 1. The van der Waals surface area contributed by atoms with Gasteiger partial charge in [-0.3, -0.25) is 0 Å². The van der Waals surface area contributed by atoms with E-state index in [1.165, 1.54) is 18.2 Å². The summed E-state index contributed by atoms with van der Waals surface area (Å²) < 4.78 is 26.7. The van der Waals surface area contributed by atoms with E-state index in [9.17, 15) is 8.78 Å². The zero-order valence-electron chi connectivity index (χ0n) is 9.30. The van der Waals surface area contributed by atoms with Crippen molar-refractivity contribution in [1.82, 2.24) is 5.32 Å². The fourth-order valence-corrected chi connectivity index (χ4v) is 1.43. The van der Waals surface area contributed by atoms with Crippen molar-refractivity contribution < 1.29 is 8.78 Å². The molecule has 0 fully saturated rings. The normalized spacial score (nSPS) is 14.2. The van der Waals surface area contributed by atoms with Crippen molar-refractivity contribution in [3.8, 4) is 6.07 Å². The van der Waals surface area contributed by atoms with Gasteiger partial charge in [-0.1, -0.05) is 6.07 Å². The van der Waals surface area contributed by atoms with Crippen molar-refractivity contribution in [2.45, 2.75) is 19.9 Å². The Balaban J connectivity index is 2.74. The highest BCUT2D eigenvalue weighted by Gasteiger charge is 2.15. The van der Waals surface area contributed by atoms with Crippen LogP contribution in [-0.4, -0.2) is 6.54 Å². The maximum absolute atomic E-state index is 13.4. The predicted molar refractivity (Wildman–Crippen MR) is 57.6 cm³/mol. The van der Waals surface area contributed by atoms with Gasteiger partial charge in [0.25, 0.3) is 0 Å². The monoisotopic (exact) mass is 224 g/mol. The Morgan fingerprint density at radius 2 is 1.88 bits per heavy atom. The summed E-state index contributed by atoms with van der Waals surface area (Å²) in [5.74, 6) is -1.31. The van der Waals surface area contributed by atoms with E-state index in [-0.39, 0.29) is 11.5 Å². The lowest BCUT2D eigenvalue weighted by Crippen LogP contribution is -2.25. The van der Waals surface area contributed by atoms with Gasteiger partial charge in [0.1, 0.15) is 11.6 Å². The minimum Gasteiger partial charge on any atom is -0.309 e. The molecule has 16 heavy (non-hydrogen) atoms. The van der Waals surface area contributed by atoms with E-state index in [1.54, 1.807) is 13.8 Å². The summed E-state index contributed by atoms with van der Waals surface area (Å²) in [5, 5.41) is 11.5. The van der Waals surface area contributed by atoms with E-state index in [1.807, 2.05) is 0 Å². The van der Waals surface area contributed by atoms with Crippen LogP contribution >= 0.6 is 0 Å². The Morgan fingerprint density at radius 1 is 1.31 bits per heavy atom. The second kappa shape index (κ2) is 5.57. The van der Waals surface area contributed by atoms with Crippen LogP contribution in [0.25, 0.3) is 0 Å². The first-order chi connectivity index (χ1) is 7.56. The summed E-state index contributed by atoms with van der Waals surface area (Å²) in [6.45, 7) is 3.83. The molecular weight excluding hydrogens is 210 g/mol. The van der Waals surface area contributed by atoms with Crippen LogP contribution in [0.5, 0.6) is 0 Å². The van der Waals surface area contributed by atoms with Gasteiger partial charge in [-0.15, -0.1) is 0 Å². The Labute approximate surface area is 93.9 Å². The predicted octanol–water partition coefficient (Wildman–Crippen LogP) is 2.78. The van der Waals surface area contributed by atoms with Crippen molar-refractivity contribution in [3.63, 3.8) is 0 Å². The van der Waals surface area contributed by atoms with Crippen molar-refractivity contribution in [2.24, 2.45) is 5.92 Å². The standard InChI is InChI=1S/C12H14F2N2/c1-8(6-15)7-16-9(2)12-10(13)4-3-5-11(12)14/h3-5,8-9,16H,7H2,1-2H3. The molecule has 2 atom stereocenters. The molecule has 0 heterocycles. The number of nitrogens with zero attached hydrogens (tertiary/aromatic N) is 1. The largest absolute Gasteiger partial charge is 0.309 e. The first kappa shape index (κ1) is 12.6. The van der Waals surface area contributed by atoms with E-state index in [4.69, 9.17) is 5.26 Å². The zero-order chi connectivity index (χ0) is 12.1. The number of rotatable bonds is 4. The van der Waals surface area contributed by atoms with E-state index in [2.05, 4.69) is 11.4 Å². The van der Waals surface area contributed by atoms with Gasteiger partial charge in [0.05, 0.1) is 12.0 Å². The van der Waals surface area contributed by atoms with Crippen LogP contribution in [0, 0.1) is 28.9 Å². The van der Waals surface area contributed by atoms with Crippen LogP contribution in [0.15, 0.2) is 18.2 Å². The van der Waals surface area contributed by atoms with Gasteiger partial charge in [-0.25, -0.2) is 8.78 Å². The second-order valence-corrected chi connectivity index (χ2v) is 3.80. The molecule has 0 aliphatic heterocycles. The van der Waals surface area contributed by atoms with Gasteiger partial charge in [-0.2, -0.15) is 5.26 Å². The molecule has 0 bridgehead atoms. The molecule has 0 aliphatic carbocycles. The number of hydrogen-bond donors (Lipinski definition) is 1. The first-order valence-electron chi connectivity index (χ1n) is 5.13. The average molecular weight is 224 g/mol. The molecule has 0 saturated heterocycles. The van der Waals surface area contributed by atoms with Crippen LogP contribution in [-0.2, 0) is 0 Å². The first-order valence-corrected chi connectivity index (χ1v) is 5.13. The maximum atomic E-state index is 13.4. The Bertz CT molecular complexity index is 378. The van der Waals surface area contributed by atoms with E-state index in [0.717, 1.165) is 0 Å². The van der Waals surface area contributed by atoms with Crippen LogP contribution in [0.1, 0.15) is 25.5 Å². The van der Waals surface area contributed by atoms with E-state index >= 15 is 0 Å². The lowest BCUT2D eigenvalue weighted by atomic mass is 10.1. The average Bonchev–Trinajstić information content (AvgIpc) is 2.25. The summed E-state index contributed by atoms with van der Waals surface area (Å²) in [5.41, 5.74) is 0.0210. The molecule has 1 aromatic carbocycles. The van der Waals surface area contributed by atoms with Crippen LogP contribution in [0.4, 0.5) is 8.78 Å². The molecule has 0 spiro atoms. The van der Waals surface area contributed by atoms with Gasteiger partial charge in [-0.05, 0) is 26.0 Å². The molecule has 86 valence electrons. The van der Waals surface area contributed by atoms with Crippen molar-refractivity contribution >= 4 is 0 Å². The summed E-state index contributed by atoms with van der Waals surface area (Å²) in [6.07, 6.45) is 0. The van der Waals surface area contributed by atoms with Crippen molar-refractivity contribution in [2.75, 3.05) is 6.54 Å². The fraction of sp³-hybridized carbons (Fsp3) is 0.417. The molecule has 1 rings (SSSR count). The third-order valence-corrected chi connectivity index (χ3v) is 2.38. The highest BCUT2D eigenvalue weighted by molar-refractivity contribution is 5.22. The fourth-order valence-electron chi connectivity index (χ4n) is 1.43. The molecule has 1 aromatic rings. The lowest BCUT2D eigenvalue weighted by molar-refractivity contribution is 0.472. The van der Waals surface area contributed by atoms with Gasteiger partial charge >= 0.3 is 0 Å². The van der Waals surface area contributed by atoms with Gasteiger partial charge < -0.3 is 5.32 Å².